The number of benzene rings is 1. The molecule has 0 spiro atoms. The van der Waals surface area contributed by atoms with Crippen molar-refractivity contribution in [3.63, 3.8) is 0 Å². The second kappa shape index (κ2) is 7.85. The molecule has 0 aliphatic rings. The second-order valence-electron chi connectivity index (χ2n) is 5.43. The van der Waals surface area contributed by atoms with Gasteiger partial charge in [-0.15, -0.1) is 0 Å². The van der Waals surface area contributed by atoms with Gasteiger partial charge in [-0.25, -0.2) is 9.97 Å². The van der Waals surface area contributed by atoms with Crippen LogP contribution in [0.25, 0.3) is 0 Å². The van der Waals surface area contributed by atoms with E-state index in [0.717, 1.165) is 15.6 Å². The number of halogens is 1. The van der Waals surface area contributed by atoms with E-state index in [2.05, 4.69) is 41.5 Å². The standard InChI is InChI=1S/C18H16BrN5O/c1-12-4-5-15(7-16(12)19)24-17(25)14-10-22-18(23-11-14)21-9-13-3-2-6-20-8-13/h2-8,10-11H,9H2,1H3,(H,24,25)(H,21,22,23). The number of nitrogens with zero attached hydrogens (tertiary/aromatic N) is 3. The van der Waals surface area contributed by atoms with Crippen molar-refractivity contribution in [2.45, 2.75) is 13.5 Å². The molecule has 2 heterocycles. The number of hydrogen-bond acceptors (Lipinski definition) is 5. The molecular weight excluding hydrogens is 382 g/mol. The van der Waals surface area contributed by atoms with Crippen LogP contribution in [0.1, 0.15) is 21.5 Å². The quantitative estimate of drug-likeness (QED) is 0.684. The number of anilines is 2. The van der Waals surface area contributed by atoms with Gasteiger partial charge in [-0.3, -0.25) is 9.78 Å². The molecule has 1 amide bonds. The van der Waals surface area contributed by atoms with Gasteiger partial charge in [0, 0.05) is 41.5 Å². The van der Waals surface area contributed by atoms with Gasteiger partial charge in [-0.1, -0.05) is 28.1 Å². The highest BCUT2D eigenvalue weighted by Gasteiger charge is 2.08. The molecule has 0 saturated heterocycles. The fourth-order valence-corrected chi connectivity index (χ4v) is 2.47. The first-order chi connectivity index (χ1) is 12.1. The zero-order valence-electron chi connectivity index (χ0n) is 13.5. The summed E-state index contributed by atoms with van der Waals surface area (Å²) in [6.07, 6.45) is 6.49. The largest absolute Gasteiger partial charge is 0.350 e. The Bertz CT molecular complexity index is 868. The van der Waals surface area contributed by atoms with Crippen LogP contribution >= 0.6 is 15.9 Å². The van der Waals surface area contributed by atoms with Crippen molar-refractivity contribution < 1.29 is 4.79 Å². The number of amides is 1. The van der Waals surface area contributed by atoms with Crippen LogP contribution in [0, 0.1) is 6.92 Å². The molecule has 0 unspecified atom stereocenters. The van der Waals surface area contributed by atoms with Gasteiger partial charge in [-0.2, -0.15) is 0 Å². The summed E-state index contributed by atoms with van der Waals surface area (Å²) >= 11 is 3.45. The normalized spacial score (nSPS) is 10.3. The number of carbonyl (C=O) groups excluding carboxylic acids is 1. The molecular formula is C18H16BrN5O. The number of rotatable bonds is 5. The first kappa shape index (κ1) is 17.0. The molecule has 3 aromatic rings. The average Bonchev–Trinajstić information content (AvgIpc) is 2.64. The van der Waals surface area contributed by atoms with E-state index in [9.17, 15) is 4.79 Å². The molecule has 0 bridgehead atoms. The van der Waals surface area contributed by atoms with Crippen molar-refractivity contribution >= 4 is 33.5 Å². The summed E-state index contributed by atoms with van der Waals surface area (Å²) in [4.78, 5) is 24.7. The zero-order valence-corrected chi connectivity index (χ0v) is 15.1. The number of nitrogens with one attached hydrogen (secondary N) is 2. The van der Waals surface area contributed by atoms with E-state index in [1.165, 1.54) is 12.4 Å². The fourth-order valence-electron chi connectivity index (χ4n) is 2.09. The number of pyridine rings is 1. The molecule has 25 heavy (non-hydrogen) atoms. The Morgan fingerprint density at radius 3 is 2.64 bits per heavy atom. The Morgan fingerprint density at radius 1 is 1.16 bits per heavy atom. The lowest BCUT2D eigenvalue weighted by atomic mass is 10.2. The molecule has 0 aliphatic carbocycles. The van der Waals surface area contributed by atoms with Gasteiger partial charge in [0.05, 0.1) is 5.56 Å². The van der Waals surface area contributed by atoms with Crippen molar-refractivity contribution in [1.82, 2.24) is 15.0 Å². The smallest absolute Gasteiger partial charge is 0.258 e. The number of hydrogen-bond donors (Lipinski definition) is 2. The van der Waals surface area contributed by atoms with Crippen LogP contribution < -0.4 is 10.6 Å². The minimum atomic E-state index is -0.255. The predicted molar refractivity (Wildman–Crippen MR) is 100 cm³/mol. The first-order valence-corrected chi connectivity index (χ1v) is 8.43. The van der Waals surface area contributed by atoms with Crippen molar-refractivity contribution in [1.29, 1.82) is 0 Å². The summed E-state index contributed by atoms with van der Waals surface area (Å²) in [5, 5.41) is 5.92. The molecule has 0 fully saturated rings. The van der Waals surface area contributed by atoms with Gasteiger partial charge in [0.1, 0.15) is 0 Å². The van der Waals surface area contributed by atoms with Gasteiger partial charge in [0.15, 0.2) is 0 Å². The fraction of sp³-hybridized carbons (Fsp3) is 0.111. The van der Waals surface area contributed by atoms with Crippen LogP contribution in [0.4, 0.5) is 11.6 Å². The highest BCUT2D eigenvalue weighted by atomic mass is 79.9. The Balaban J connectivity index is 1.61. The van der Waals surface area contributed by atoms with Crippen LogP contribution in [0.2, 0.25) is 0 Å². The van der Waals surface area contributed by atoms with E-state index in [-0.39, 0.29) is 5.91 Å². The van der Waals surface area contributed by atoms with Crippen molar-refractivity contribution in [3.8, 4) is 0 Å². The third kappa shape index (κ3) is 4.60. The summed E-state index contributed by atoms with van der Waals surface area (Å²) in [5.41, 5.74) is 3.23. The maximum Gasteiger partial charge on any atom is 0.258 e. The molecule has 0 saturated carbocycles. The maximum atomic E-state index is 12.3. The van der Waals surface area contributed by atoms with E-state index in [4.69, 9.17) is 0 Å². The van der Waals surface area contributed by atoms with E-state index in [1.807, 2.05) is 37.3 Å². The Kier molecular flexibility index (Phi) is 5.35. The molecule has 6 nitrogen and oxygen atoms in total. The lowest BCUT2D eigenvalue weighted by molar-refractivity contribution is 0.102. The van der Waals surface area contributed by atoms with Crippen molar-refractivity contribution in [2.24, 2.45) is 0 Å². The van der Waals surface area contributed by atoms with Crippen LogP contribution in [-0.4, -0.2) is 20.9 Å². The van der Waals surface area contributed by atoms with Crippen LogP contribution in [0.15, 0.2) is 59.6 Å². The van der Waals surface area contributed by atoms with E-state index in [1.54, 1.807) is 12.4 Å². The monoisotopic (exact) mass is 397 g/mol. The Hall–Kier alpha value is -2.80. The van der Waals surface area contributed by atoms with E-state index >= 15 is 0 Å². The molecule has 2 N–H and O–H groups in total. The number of carbonyl (C=O) groups is 1. The van der Waals surface area contributed by atoms with Crippen LogP contribution in [-0.2, 0) is 6.54 Å². The Labute approximate surface area is 153 Å². The zero-order chi connectivity index (χ0) is 17.6. The third-order valence-corrected chi connectivity index (χ3v) is 4.37. The SMILES string of the molecule is Cc1ccc(NC(=O)c2cnc(NCc3cccnc3)nc2)cc1Br. The third-order valence-electron chi connectivity index (χ3n) is 3.52. The molecule has 0 atom stereocenters. The van der Waals surface area contributed by atoms with Gasteiger partial charge < -0.3 is 10.6 Å². The van der Waals surface area contributed by atoms with Crippen molar-refractivity contribution in [3.05, 3.63) is 76.3 Å². The summed E-state index contributed by atoms with van der Waals surface area (Å²) in [6, 6.07) is 9.47. The van der Waals surface area contributed by atoms with Gasteiger partial charge >= 0.3 is 0 Å². The molecule has 1 aromatic carbocycles. The second-order valence-corrected chi connectivity index (χ2v) is 6.28. The molecule has 2 aromatic heterocycles. The number of aromatic nitrogens is 3. The molecule has 126 valence electrons. The minimum absolute atomic E-state index is 0.255. The summed E-state index contributed by atoms with van der Waals surface area (Å²) in [7, 11) is 0. The molecule has 0 radical (unpaired) electrons. The first-order valence-electron chi connectivity index (χ1n) is 7.64. The summed E-state index contributed by atoms with van der Waals surface area (Å²) in [5.74, 6) is 0.202. The predicted octanol–water partition coefficient (Wildman–Crippen LogP) is 3.81. The minimum Gasteiger partial charge on any atom is -0.350 e. The van der Waals surface area contributed by atoms with Gasteiger partial charge in [0.25, 0.3) is 5.91 Å². The summed E-state index contributed by atoms with van der Waals surface area (Å²) < 4.78 is 0.941. The Morgan fingerprint density at radius 2 is 1.96 bits per heavy atom. The van der Waals surface area contributed by atoms with E-state index < -0.39 is 0 Å². The van der Waals surface area contributed by atoms with Crippen molar-refractivity contribution in [2.75, 3.05) is 10.6 Å². The molecule has 7 heteroatoms. The van der Waals surface area contributed by atoms with Crippen LogP contribution in [0.5, 0.6) is 0 Å². The molecule has 0 aliphatic heterocycles. The average molecular weight is 398 g/mol. The number of aryl methyl sites for hydroxylation is 1. The van der Waals surface area contributed by atoms with E-state index in [0.29, 0.717) is 23.7 Å². The lowest BCUT2D eigenvalue weighted by Gasteiger charge is -2.08. The van der Waals surface area contributed by atoms with Crippen LogP contribution in [0.3, 0.4) is 0 Å². The highest BCUT2D eigenvalue weighted by molar-refractivity contribution is 9.10. The van der Waals surface area contributed by atoms with Gasteiger partial charge in [-0.05, 0) is 36.2 Å². The topological polar surface area (TPSA) is 79.8 Å². The lowest BCUT2D eigenvalue weighted by Crippen LogP contribution is -2.13. The molecule has 3 rings (SSSR count). The summed E-state index contributed by atoms with van der Waals surface area (Å²) in [6.45, 7) is 2.55. The maximum absolute atomic E-state index is 12.3. The highest BCUT2D eigenvalue weighted by Crippen LogP contribution is 2.21. The van der Waals surface area contributed by atoms with Gasteiger partial charge in [0.2, 0.25) is 5.95 Å².